The minimum absolute atomic E-state index is 0.227. The van der Waals surface area contributed by atoms with Crippen LogP contribution in [0.4, 0.5) is 4.79 Å². The summed E-state index contributed by atoms with van der Waals surface area (Å²) >= 11 is 0. The lowest BCUT2D eigenvalue weighted by Crippen LogP contribution is -2.43. The molecule has 1 fully saturated rings. The minimum Gasteiger partial charge on any atom is -0.480 e. The number of aliphatic carboxylic acids is 1. The number of amides is 2. The van der Waals surface area contributed by atoms with E-state index in [9.17, 15) is 9.59 Å². The number of carbonyl (C=O) groups excluding carboxylic acids is 1. The van der Waals surface area contributed by atoms with Crippen LogP contribution in [0.5, 0.6) is 0 Å². The van der Waals surface area contributed by atoms with E-state index in [-0.39, 0.29) is 19.1 Å². The molecular formula is C12H20N2O4. The number of nitrogens with zero attached hydrogens (tertiary/aromatic N) is 1. The van der Waals surface area contributed by atoms with Gasteiger partial charge in [-0.25, -0.2) is 4.79 Å². The van der Waals surface area contributed by atoms with Gasteiger partial charge in [0.1, 0.15) is 6.54 Å². The third-order valence-corrected chi connectivity index (χ3v) is 2.82. The number of carbonyl (C=O) groups is 2. The first kappa shape index (κ1) is 14.5. The molecule has 0 aromatic rings. The molecule has 0 aliphatic carbocycles. The standard InChI is InChI=1S/C12H20N2O4/c1-2-6-14(8-11(15)16)12(17)13-5-3-10-4-7-18-9-10/h2,10H,1,3-9H2,(H,13,17)(H,15,16). The number of carboxylic acids is 1. The summed E-state index contributed by atoms with van der Waals surface area (Å²) in [7, 11) is 0. The molecule has 6 nitrogen and oxygen atoms in total. The molecule has 1 aliphatic rings. The van der Waals surface area contributed by atoms with Crippen LogP contribution in [0.25, 0.3) is 0 Å². The summed E-state index contributed by atoms with van der Waals surface area (Å²) in [5, 5.41) is 11.4. The van der Waals surface area contributed by atoms with Crippen LogP contribution in [0.1, 0.15) is 12.8 Å². The minimum atomic E-state index is -1.03. The second kappa shape index (κ2) is 7.71. The van der Waals surface area contributed by atoms with Crippen molar-refractivity contribution in [3.05, 3.63) is 12.7 Å². The van der Waals surface area contributed by atoms with E-state index in [1.165, 1.54) is 11.0 Å². The van der Waals surface area contributed by atoms with Crippen LogP contribution in [0.2, 0.25) is 0 Å². The summed E-state index contributed by atoms with van der Waals surface area (Å²) in [6, 6.07) is -0.365. The molecule has 6 heteroatoms. The predicted molar refractivity (Wildman–Crippen MR) is 66.3 cm³/mol. The van der Waals surface area contributed by atoms with Gasteiger partial charge in [0.05, 0.1) is 0 Å². The zero-order chi connectivity index (χ0) is 13.4. The summed E-state index contributed by atoms with van der Waals surface area (Å²) < 4.78 is 5.24. The van der Waals surface area contributed by atoms with Crippen LogP contribution in [0.3, 0.4) is 0 Å². The molecule has 1 atom stereocenters. The lowest BCUT2D eigenvalue weighted by molar-refractivity contribution is -0.137. The van der Waals surface area contributed by atoms with Gasteiger partial charge in [0.15, 0.2) is 0 Å². The third-order valence-electron chi connectivity index (χ3n) is 2.82. The lowest BCUT2D eigenvalue weighted by atomic mass is 10.1. The Labute approximate surface area is 107 Å². The summed E-state index contributed by atoms with van der Waals surface area (Å²) in [6.07, 6.45) is 3.40. The largest absolute Gasteiger partial charge is 0.480 e. The van der Waals surface area contributed by atoms with Gasteiger partial charge < -0.3 is 20.1 Å². The Hall–Kier alpha value is -1.56. The molecule has 1 unspecified atom stereocenters. The maximum Gasteiger partial charge on any atom is 0.323 e. The Balaban J connectivity index is 2.26. The number of hydrogen-bond donors (Lipinski definition) is 2. The highest BCUT2D eigenvalue weighted by Crippen LogP contribution is 2.15. The third kappa shape index (κ3) is 5.18. The fourth-order valence-electron chi connectivity index (χ4n) is 1.84. The van der Waals surface area contributed by atoms with Gasteiger partial charge in [0.25, 0.3) is 0 Å². The van der Waals surface area contributed by atoms with Crippen molar-refractivity contribution in [1.29, 1.82) is 0 Å². The highest BCUT2D eigenvalue weighted by atomic mass is 16.5. The highest BCUT2D eigenvalue weighted by molar-refractivity contribution is 5.80. The molecule has 1 aliphatic heterocycles. The van der Waals surface area contributed by atoms with Crippen LogP contribution in [0, 0.1) is 5.92 Å². The number of hydrogen-bond acceptors (Lipinski definition) is 3. The van der Waals surface area contributed by atoms with E-state index in [0.29, 0.717) is 12.5 Å². The SMILES string of the molecule is C=CCN(CC(=O)O)C(=O)NCCC1CCOC1. The first-order valence-corrected chi connectivity index (χ1v) is 6.06. The van der Waals surface area contributed by atoms with Gasteiger partial charge in [-0.05, 0) is 18.8 Å². The van der Waals surface area contributed by atoms with E-state index in [1.807, 2.05) is 0 Å². The van der Waals surface area contributed by atoms with E-state index >= 15 is 0 Å². The fraction of sp³-hybridized carbons (Fsp3) is 0.667. The van der Waals surface area contributed by atoms with Gasteiger partial charge in [0.2, 0.25) is 0 Å². The van der Waals surface area contributed by atoms with E-state index in [1.54, 1.807) is 0 Å². The number of nitrogens with one attached hydrogen (secondary N) is 1. The van der Waals surface area contributed by atoms with Crippen molar-refractivity contribution < 1.29 is 19.4 Å². The second-order valence-electron chi connectivity index (χ2n) is 4.31. The molecule has 1 heterocycles. The number of carboxylic acid groups (broad SMARTS) is 1. The van der Waals surface area contributed by atoms with Crippen molar-refractivity contribution >= 4 is 12.0 Å². The van der Waals surface area contributed by atoms with Crippen molar-refractivity contribution in [2.45, 2.75) is 12.8 Å². The van der Waals surface area contributed by atoms with Crippen LogP contribution >= 0.6 is 0 Å². The smallest absolute Gasteiger partial charge is 0.323 e. The quantitative estimate of drug-likeness (QED) is 0.657. The predicted octanol–water partition coefficient (Wildman–Crippen LogP) is 0.695. The van der Waals surface area contributed by atoms with E-state index in [2.05, 4.69) is 11.9 Å². The number of ether oxygens (including phenoxy) is 1. The Morgan fingerprint density at radius 1 is 1.56 bits per heavy atom. The summed E-state index contributed by atoms with van der Waals surface area (Å²) in [4.78, 5) is 23.5. The molecule has 102 valence electrons. The second-order valence-corrected chi connectivity index (χ2v) is 4.31. The van der Waals surface area contributed by atoms with E-state index in [4.69, 9.17) is 9.84 Å². The molecule has 1 rings (SSSR count). The monoisotopic (exact) mass is 256 g/mol. The average molecular weight is 256 g/mol. The van der Waals surface area contributed by atoms with Crippen LogP contribution in [-0.2, 0) is 9.53 Å². The molecule has 1 saturated heterocycles. The zero-order valence-corrected chi connectivity index (χ0v) is 10.4. The van der Waals surface area contributed by atoms with Crippen LogP contribution in [-0.4, -0.2) is 54.9 Å². The molecule has 0 spiro atoms. The van der Waals surface area contributed by atoms with Gasteiger partial charge in [-0.2, -0.15) is 0 Å². The van der Waals surface area contributed by atoms with Crippen molar-refractivity contribution in [3.8, 4) is 0 Å². The highest BCUT2D eigenvalue weighted by Gasteiger charge is 2.17. The Morgan fingerprint density at radius 3 is 2.89 bits per heavy atom. The topological polar surface area (TPSA) is 78.9 Å². The molecule has 0 saturated carbocycles. The number of rotatable bonds is 7. The maximum atomic E-state index is 11.7. The molecular weight excluding hydrogens is 236 g/mol. The molecule has 18 heavy (non-hydrogen) atoms. The molecule has 2 amide bonds. The van der Waals surface area contributed by atoms with Crippen molar-refractivity contribution in [1.82, 2.24) is 10.2 Å². The van der Waals surface area contributed by atoms with Gasteiger partial charge in [0, 0.05) is 26.3 Å². The van der Waals surface area contributed by atoms with Gasteiger partial charge in [-0.3, -0.25) is 4.79 Å². The first-order chi connectivity index (χ1) is 8.63. The fourth-order valence-corrected chi connectivity index (χ4v) is 1.84. The van der Waals surface area contributed by atoms with E-state index < -0.39 is 5.97 Å². The normalized spacial score (nSPS) is 18.3. The first-order valence-electron chi connectivity index (χ1n) is 6.06. The lowest BCUT2D eigenvalue weighted by Gasteiger charge is -2.19. The van der Waals surface area contributed by atoms with Crippen molar-refractivity contribution in [2.24, 2.45) is 5.92 Å². The summed E-state index contributed by atoms with van der Waals surface area (Å²) in [5.74, 6) is -0.533. The Bertz CT molecular complexity index is 300. The Kier molecular flexibility index (Phi) is 6.21. The maximum absolute atomic E-state index is 11.7. The van der Waals surface area contributed by atoms with Gasteiger partial charge in [-0.15, -0.1) is 6.58 Å². The molecule has 0 radical (unpaired) electrons. The van der Waals surface area contributed by atoms with Crippen molar-refractivity contribution in [2.75, 3.05) is 32.8 Å². The van der Waals surface area contributed by atoms with Crippen LogP contribution < -0.4 is 5.32 Å². The van der Waals surface area contributed by atoms with Gasteiger partial charge in [-0.1, -0.05) is 6.08 Å². The molecule has 2 N–H and O–H groups in total. The Morgan fingerprint density at radius 2 is 2.33 bits per heavy atom. The van der Waals surface area contributed by atoms with E-state index in [0.717, 1.165) is 26.1 Å². The van der Waals surface area contributed by atoms with Gasteiger partial charge >= 0.3 is 12.0 Å². The number of urea groups is 1. The summed E-state index contributed by atoms with van der Waals surface area (Å²) in [6.45, 7) is 5.50. The van der Waals surface area contributed by atoms with Crippen LogP contribution in [0.15, 0.2) is 12.7 Å². The average Bonchev–Trinajstić information content (AvgIpc) is 2.81. The zero-order valence-electron chi connectivity index (χ0n) is 10.4. The molecule has 0 aromatic carbocycles. The van der Waals surface area contributed by atoms with Crippen molar-refractivity contribution in [3.63, 3.8) is 0 Å². The summed E-state index contributed by atoms with van der Waals surface area (Å²) in [5.41, 5.74) is 0. The molecule has 0 aromatic heterocycles. The molecule has 0 bridgehead atoms.